The lowest BCUT2D eigenvalue weighted by Crippen LogP contribution is -2.46. The number of ether oxygens (including phenoxy) is 2. The molecule has 1 atom stereocenters. The number of hydrogen-bond acceptors (Lipinski definition) is 5. The van der Waals surface area contributed by atoms with Crippen LogP contribution in [0.15, 0.2) is 23.1 Å². The van der Waals surface area contributed by atoms with Crippen LogP contribution in [0.4, 0.5) is 0 Å². The number of amides is 2. The molecule has 0 radical (unpaired) electrons. The van der Waals surface area contributed by atoms with Gasteiger partial charge in [-0.3, -0.25) is 14.4 Å². The van der Waals surface area contributed by atoms with Gasteiger partial charge in [-0.15, -0.1) is 0 Å². The van der Waals surface area contributed by atoms with Crippen molar-refractivity contribution in [1.29, 1.82) is 0 Å². The quantitative estimate of drug-likeness (QED) is 0.740. The minimum absolute atomic E-state index is 0.0138. The third-order valence-corrected chi connectivity index (χ3v) is 4.92. The van der Waals surface area contributed by atoms with Gasteiger partial charge in [0.25, 0.3) is 5.91 Å². The molecule has 1 aromatic heterocycles. The van der Waals surface area contributed by atoms with Gasteiger partial charge in [-0.1, -0.05) is 13.8 Å². The summed E-state index contributed by atoms with van der Waals surface area (Å²) in [4.78, 5) is 37.9. The van der Waals surface area contributed by atoms with Gasteiger partial charge in [0.15, 0.2) is 11.5 Å². The zero-order valence-electron chi connectivity index (χ0n) is 17.2. The molecule has 2 N–H and O–H groups in total. The number of nitrogens with one attached hydrogen (secondary N) is 2. The molecular weight excluding hydrogens is 374 g/mol. The second kappa shape index (κ2) is 8.55. The Morgan fingerprint density at radius 2 is 1.86 bits per heavy atom. The van der Waals surface area contributed by atoms with Crippen LogP contribution in [0.5, 0.6) is 11.5 Å². The first kappa shape index (κ1) is 20.7. The Labute approximate surface area is 169 Å². The van der Waals surface area contributed by atoms with Gasteiger partial charge in [-0.2, -0.15) is 0 Å². The lowest BCUT2D eigenvalue weighted by Gasteiger charge is -2.16. The molecule has 2 heterocycles. The zero-order chi connectivity index (χ0) is 21.1. The number of fused-ring (bicyclic) bond motifs is 2. The van der Waals surface area contributed by atoms with Crippen molar-refractivity contribution < 1.29 is 19.1 Å². The molecule has 8 nitrogen and oxygen atoms in total. The van der Waals surface area contributed by atoms with E-state index in [4.69, 9.17) is 9.47 Å². The van der Waals surface area contributed by atoms with Crippen LogP contribution in [0.1, 0.15) is 44.5 Å². The van der Waals surface area contributed by atoms with E-state index in [1.165, 1.54) is 6.20 Å². The van der Waals surface area contributed by atoms with Crippen LogP contribution < -0.4 is 25.5 Å². The van der Waals surface area contributed by atoms with Gasteiger partial charge < -0.3 is 24.7 Å². The van der Waals surface area contributed by atoms with E-state index in [-0.39, 0.29) is 18.3 Å². The lowest BCUT2D eigenvalue weighted by molar-refractivity contribution is -0.122. The van der Waals surface area contributed by atoms with Crippen molar-refractivity contribution >= 4 is 22.7 Å². The molecule has 0 spiro atoms. The zero-order valence-corrected chi connectivity index (χ0v) is 17.2. The fraction of sp³-hybridized carbons (Fsp3) is 0.476. The van der Waals surface area contributed by atoms with Crippen LogP contribution in [0.2, 0.25) is 0 Å². The van der Waals surface area contributed by atoms with Crippen LogP contribution in [0.25, 0.3) is 10.9 Å². The fourth-order valence-electron chi connectivity index (χ4n) is 3.18. The molecule has 2 aromatic rings. The van der Waals surface area contributed by atoms with Crippen molar-refractivity contribution in [2.45, 2.75) is 46.7 Å². The minimum Gasteiger partial charge on any atom is -0.454 e. The Morgan fingerprint density at radius 3 is 2.52 bits per heavy atom. The van der Waals surface area contributed by atoms with E-state index in [1.807, 2.05) is 6.92 Å². The van der Waals surface area contributed by atoms with Crippen molar-refractivity contribution in [2.75, 3.05) is 13.3 Å². The molecular formula is C21H27N3O5. The Kier molecular flexibility index (Phi) is 6.10. The molecule has 1 aliphatic rings. The first-order chi connectivity index (χ1) is 13.8. The summed E-state index contributed by atoms with van der Waals surface area (Å²) in [5.74, 6) is 0.666. The number of nitrogens with zero attached hydrogens (tertiary/aromatic N) is 1. The number of benzene rings is 1. The number of aryl methyl sites for hydroxylation is 1. The van der Waals surface area contributed by atoms with Gasteiger partial charge in [0.2, 0.25) is 18.1 Å². The van der Waals surface area contributed by atoms with Gasteiger partial charge in [-0.05, 0) is 32.3 Å². The van der Waals surface area contributed by atoms with Crippen LogP contribution in [-0.2, 0) is 11.3 Å². The summed E-state index contributed by atoms with van der Waals surface area (Å²) in [5, 5.41) is 5.79. The topological polar surface area (TPSA) is 98.7 Å². The van der Waals surface area contributed by atoms with Gasteiger partial charge in [0, 0.05) is 25.4 Å². The third kappa shape index (κ3) is 4.36. The maximum Gasteiger partial charge on any atom is 0.257 e. The molecule has 0 unspecified atom stereocenters. The summed E-state index contributed by atoms with van der Waals surface area (Å²) in [6.07, 6.45) is 2.37. The van der Waals surface area contributed by atoms with E-state index >= 15 is 0 Å². The number of carbonyl (C=O) groups is 2. The predicted molar refractivity (Wildman–Crippen MR) is 109 cm³/mol. The van der Waals surface area contributed by atoms with Gasteiger partial charge in [0.1, 0.15) is 11.6 Å². The molecule has 0 bridgehead atoms. The Hall–Kier alpha value is -3.03. The summed E-state index contributed by atoms with van der Waals surface area (Å²) in [7, 11) is 0. The highest BCUT2D eigenvalue weighted by Gasteiger charge is 2.22. The van der Waals surface area contributed by atoms with Gasteiger partial charge in [0.05, 0.1) is 10.9 Å². The monoisotopic (exact) mass is 401 g/mol. The van der Waals surface area contributed by atoms with E-state index in [0.29, 0.717) is 41.4 Å². The number of carbonyl (C=O) groups excluding carboxylic acids is 2. The Morgan fingerprint density at radius 1 is 1.17 bits per heavy atom. The van der Waals surface area contributed by atoms with Crippen molar-refractivity contribution in [3.05, 3.63) is 34.1 Å². The van der Waals surface area contributed by atoms with E-state index in [9.17, 15) is 14.4 Å². The maximum absolute atomic E-state index is 13.0. The van der Waals surface area contributed by atoms with Crippen molar-refractivity contribution in [2.24, 2.45) is 5.92 Å². The highest BCUT2D eigenvalue weighted by Crippen LogP contribution is 2.35. The van der Waals surface area contributed by atoms with Gasteiger partial charge in [-0.25, -0.2) is 0 Å². The number of aromatic nitrogens is 1. The summed E-state index contributed by atoms with van der Waals surface area (Å²) < 4.78 is 12.6. The lowest BCUT2D eigenvalue weighted by atomic mass is 10.1. The predicted octanol–water partition coefficient (Wildman–Crippen LogP) is 2.03. The molecule has 156 valence electrons. The standard InChI is InChI=1S/C21H27N3O5/c1-5-24-10-15(21(27)23-13(4)20(26)22-7-6-12(2)3)19(25)14-8-17-18(9-16(14)24)29-11-28-17/h8-10,12-13H,5-7,11H2,1-4H3,(H,22,26)(H,23,27)/t13-/m1/s1. The highest BCUT2D eigenvalue weighted by molar-refractivity contribution is 6.00. The van der Waals surface area contributed by atoms with Crippen LogP contribution in [-0.4, -0.2) is 35.8 Å². The normalized spacial score (nSPS) is 13.6. The van der Waals surface area contributed by atoms with E-state index in [0.717, 1.165) is 6.42 Å². The molecule has 8 heteroatoms. The first-order valence-corrected chi connectivity index (χ1v) is 9.87. The van der Waals surface area contributed by atoms with Crippen LogP contribution in [0, 0.1) is 5.92 Å². The molecule has 0 aliphatic carbocycles. The third-order valence-electron chi connectivity index (χ3n) is 4.92. The van der Waals surface area contributed by atoms with Gasteiger partial charge >= 0.3 is 0 Å². The fourth-order valence-corrected chi connectivity index (χ4v) is 3.18. The Balaban J connectivity index is 1.84. The second-order valence-electron chi connectivity index (χ2n) is 7.55. The molecule has 0 saturated carbocycles. The average molecular weight is 401 g/mol. The summed E-state index contributed by atoms with van der Waals surface area (Å²) in [5.41, 5.74) is 0.241. The second-order valence-corrected chi connectivity index (χ2v) is 7.55. The largest absolute Gasteiger partial charge is 0.454 e. The van der Waals surface area contributed by atoms with E-state index in [1.54, 1.807) is 23.6 Å². The highest BCUT2D eigenvalue weighted by atomic mass is 16.7. The van der Waals surface area contributed by atoms with Crippen LogP contribution >= 0.6 is 0 Å². The van der Waals surface area contributed by atoms with E-state index < -0.39 is 17.4 Å². The van der Waals surface area contributed by atoms with Crippen molar-refractivity contribution in [3.8, 4) is 11.5 Å². The number of rotatable bonds is 7. The minimum atomic E-state index is -0.753. The number of pyridine rings is 1. The average Bonchev–Trinajstić information content (AvgIpc) is 3.14. The maximum atomic E-state index is 13.0. The molecule has 1 aliphatic heterocycles. The summed E-state index contributed by atoms with van der Waals surface area (Å²) in [6, 6.07) is 2.59. The molecule has 2 amide bonds. The summed E-state index contributed by atoms with van der Waals surface area (Å²) >= 11 is 0. The SMILES string of the molecule is CCn1cc(C(=O)N[C@H](C)C(=O)NCCC(C)C)c(=O)c2cc3c(cc21)OCO3. The molecule has 0 saturated heterocycles. The number of hydrogen-bond donors (Lipinski definition) is 2. The molecule has 3 rings (SSSR count). The van der Waals surface area contributed by atoms with Crippen LogP contribution in [0.3, 0.4) is 0 Å². The first-order valence-electron chi connectivity index (χ1n) is 9.87. The van der Waals surface area contributed by atoms with E-state index in [2.05, 4.69) is 24.5 Å². The summed E-state index contributed by atoms with van der Waals surface area (Å²) in [6.45, 7) is 8.86. The molecule has 1 aromatic carbocycles. The Bertz CT molecular complexity index is 996. The molecule has 0 fully saturated rings. The van der Waals surface area contributed by atoms with Crippen molar-refractivity contribution in [1.82, 2.24) is 15.2 Å². The molecule has 29 heavy (non-hydrogen) atoms. The smallest absolute Gasteiger partial charge is 0.257 e. The van der Waals surface area contributed by atoms with Crippen molar-refractivity contribution in [3.63, 3.8) is 0 Å².